The predicted molar refractivity (Wildman–Crippen MR) is 69.4 cm³/mol. The Hall–Kier alpha value is -1.56. The van der Waals surface area contributed by atoms with E-state index in [0.717, 1.165) is 32.0 Å². The first-order chi connectivity index (χ1) is 9.38. The first-order valence-corrected chi connectivity index (χ1v) is 6.53. The molecule has 1 aliphatic heterocycles. The Morgan fingerprint density at radius 2 is 1.85 bits per heavy atom. The summed E-state index contributed by atoms with van der Waals surface area (Å²) in [5.41, 5.74) is -1.19. The highest BCUT2D eigenvalue weighted by Gasteiger charge is 2.35. The van der Waals surface area contributed by atoms with Crippen LogP contribution in [0.4, 0.5) is 13.2 Å². The van der Waals surface area contributed by atoms with Gasteiger partial charge in [-0.1, -0.05) is 12.1 Å². The van der Waals surface area contributed by atoms with Crippen molar-refractivity contribution in [1.29, 1.82) is 0 Å². The molecule has 1 fully saturated rings. The standard InChI is InChI=1S/C14H17F3N2O/c1-19-8-6-10(7-9-19)18-13(20)11-4-2-3-5-12(11)14(15,16)17/h2-5,10H,6-9H2,1H3,(H,18,20). The molecule has 1 aromatic rings. The molecule has 0 aliphatic carbocycles. The van der Waals surface area contributed by atoms with E-state index in [1.165, 1.54) is 18.2 Å². The number of hydrogen-bond donors (Lipinski definition) is 1. The molecule has 3 nitrogen and oxygen atoms in total. The molecule has 110 valence electrons. The summed E-state index contributed by atoms with van der Waals surface area (Å²) in [4.78, 5) is 14.2. The number of likely N-dealkylation sites (tertiary alicyclic amines) is 1. The molecule has 0 spiro atoms. The molecule has 20 heavy (non-hydrogen) atoms. The van der Waals surface area contributed by atoms with E-state index >= 15 is 0 Å². The second-order valence-corrected chi connectivity index (χ2v) is 5.09. The third-order valence-electron chi connectivity index (χ3n) is 3.53. The van der Waals surface area contributed by atoms with Gasteiger partial charge in [0.2, 0.25) is 0 Å². The monoisotopic (exact) mass is 286 g/mol. The van der Waals surface area contributed by atoms with Gasteiger partial charge in [-0.25, -0.2) is 0 Å². The molecule has 0 aromatic heterocycles. The number of nitrogens with one attached hydrogen (secondary N) is 1. The summed E-state index contributed by atoms with van der Waals surface area (Å²) < 4.78 is 38.6. The van der Waals surface area contributed by atoms with Crippen molar-refractivity contribution in [3.8, 4) is 0 Å². The van der Waals surface area contributed by atoms with E-state index in [9.17, 15) is 18.0 Å². The molecule has 0 unspecified atom stereocenters. The maximum absolute atomic E-state index is 12.9. The summed E-state index contributed by atoms with van der Waals surface area (Å²) in [5, 5.41) is 2.70. The van der Waals surface area contributed by atoms with Crippen LogP contribution in [0, 0.1) is 0 Å². The minimum absolute atomic E-state index is 0.0556. The van der Waals surface area contributed by atoms with Crippen LogP contribution in [-0.4, -0.2) is 37.0 Å². The van der Waals surface area contributed by atoms with Gasteiger partial charge in [-0.05, 0) is 45.1 Å². The van der Waals surface area contributed by atoms with Crippen molar-refractivity contribution < 1.29 is 18.0 Å². The van der Waals surface area contributed by atoms with Gasteiger partial charge < -0.3 is 10.2 Å². The SMILES string of the molecule is CN1CCC(NC(=O)c2ccccc2C(F)(F)F)CC1. The zero-order valence-corrected chi connectivity index (χ0v) is 11.2. The largest absolute Gasteiger partial charge is 0.417 e. The van der Waals surface area contributed by atoms with Gasteiger partial charge in [-0.3, -0.25) is 4.79 Å². The van der Waals surface area contributed by atoms with E-state index in [4.69, 9.17) is 0 Å². The topological polar surface area (TPSA) is 32.3 Å². The number of amides is 1. The minimum atomic E-state index is -4.51. The van der Waals surface area contributed by atoms with Gasteiger partial charge in [-0.2, -0.15) is 13.2 Å². The summed E-state index contributed by atoms with van der Waals surface area (Å²) in [6.45, 7) is 1.68. The first-order valence-electron chi connectivity index (χ1n) is 6.53. The van der Waals surface area contributed by atoms with Crippen LogP contribution in [0.1, 0.15) is 28.8 Å². The molecular formula is C14H17F3N2O. The van der Waals surface area contributed by atoms with Crippen molar-refractivity contribution in [2.24, 2.45) is 0 Å². The maximum Gasteiger partial charge on any atom is 0.417 e. The van der Waals surface area contributed by atoms with Gasteiger partial charge >= 0.3 is 6.18 Å². The van der Waals surface area contributed by atoms with Crippen molar-refractivity contribution in [2.45, 2.75) is 25.1 Å². The zero-order valence-electron chi connectivity index (χ0n) is 11.2. The van der Waals surface area contributed by atoms with Gasteiger partial charge in [0.05, 0.1) is 11.1 Å². The van der Waals surface area contributed by atoms with E-state index in [2.05, 4.69) is 10.2 Å². The van der Waals surface area contributed by atoms with Gasteiger partial charge in [0.25, 0.3) is 5.91 Å². The van der Waals surface area contributed by atoms with Crippen LogP contribution >= 0.6 is 0 Å². The molecule has 0 saturated carbocycles. The molecule has 1 heterocycles. The molecule has 1 amide bonds. The van der Waals surface area contributed by atoms with Crippen LogP contribution in [0.25, 0.3) is 0 Å². The summed E-state index contributed by atoms with van der Waals surface area (Å²) in [6, 6.07) is 4.82. The minimum Gasteiger partial charge on any atom is -0.349 e. The Balaban J connectivity index is 2.10. The number of halogens is 3. The van der Waals surface area contributed by atoms with Gasteiger partial charge in [-0.15, -0.1) is 0 Å². The Bertz CT molecular complexity index is 480. The lowest BCUT2D eigenvalue weighted by Gasteiger charge is -2.29. The number of carbonyl (C=O) groups excluding carboxylic acids is 1. The highest BCUT2D eigenvalue weighted by atomic mass is 19.4. The number of hydrogen-bond acceptors (Lipinski definition) is 2. The van der Waals surface area contributed by atoms with Crippen LogP contribution in [0.15, 0.2) is 24.3 Å². The van der Waals surface area contributed by atoms with Crippen molar-refractivity contribution in [3.05, 3.63) is 35.4 Å². The smallest absolute Gasteiger partial charge is 0.349 e. The molecule has 1 aliphatic rings. The zero-order chi connectivity index (χ0) is 14.8. The van der Waals surface area contributed by atoms with E-state index in [1.54, 1.807) is 0 Å². The normalized spacial score (nSPS) is 18.0. The van der Waals surface area contributed by atoms with Gasteiger partial charge in [0.1, 0.15) is 0 Å². The second kappa shape index (κ2) is 5.83. The van der Waals surface area contributed by atoms with Crippen LogP contribution in [0.3, 0.4) is 0 Å². The quantitative estimate of drug-likeness (QED) is 0.906. The second-order valence-electron chi connectivity index (χ2n) is 5.09. The Morgan fingerprint density at radius 3 is 2.45 bits per heavy atom. The number of carbonyl (C=O) groups is 1. The maximum atomic E-state index is 12.9. The highest BCUT2D eigenvalue weighted by molar-refractivity contribution is 5.96. The molecule has 1 saturated heterocycles. The molecule has 6 heteroatoms. The number of nitrogens with zero attached hydrogens (tertiary/aromatic N) is 1. The lowest BCUT2D eigenvalue weighted by molar-refractivity contribution is -0.137. The lowest BCUT2D eigenvalue weighted by Crippen LogP contribution is -2.43. The Labute approximate surface area is 115 Å². The van der Waals surface area contributed by atoms with E-state index in [1.807, 2.05) is 7.05 Å². The van der Waals surface area contributed by atoms with Crippen LogP contribution in [-0.2, 0) is 6.18 Å². The summed E-state index contributed by atoms with van der Waals surface area (Å²) in [6.07, 6.45) is -2.99. The molecule has 1 aromatic carbocycles. The Kier molecular flexibility index (Phi) is 4.32. The fourth-order valence-corrected chi connectivity index (χ4v) is 2.34. The molecular weight excluding hydrogens is 269 g/mol. The number of piperidine rings is 1. The fourth-order valence-electron chi connectivity index (χ4n) is 2.34. The van der Waals surface area contributed by atoms with Gasteiger partial charge in [0.15, 0.2) is 0 Å². The molecule has 1 N–H and O–H groups in total. The molecule has 0 radical (unpaired) electrons. The van der Waals surface area contributed by atoms with Crippen molar-refractivity contribution in [1.82, 2.24) is 10.2 Å². The third-order valence-corrected chi connectivity index (χ3v) is 3.53. The van der Waals surface area contributed by atoms with E-state index < -0.39 is 17.6 Å². The average Bonchev–Trinajstić information content (AvgIpc) is 2.40. The number of rotatable bonds is 2. The summed E-state index contributed by atoms with van der Waals surface area (Å²) in [7, 11) is 1.98. The lowest BCUT2D eigenvalue weighted by atomic mass is 10.0. The molecule has 0 atom stereocenters. The Morgan fingerprint density at radius 1 is 1.25 bits per heavy atom. The van der Waals surface area contributed by atoms with Crippen LogP contribution < -0.4 is 5.32 Å². The summed E-state index contributed by atoms with van der Waals surface area (Å²) >= 11 is 0. The fraction of sp³-hybridized carbons (Fsp3) is 0.500. The van der Waals surface area contributed by atoms with Crippen molar-refractivity contribution in [2.75, 3.05) is 20.1 Å². The molecule has 2 rings (SSSR count). The first kappa shape index (κ1) is 14.8. The average molecular weight is 286 g/mol. The van der Waals surface area contributed by atoms with Crippen LogP contribution in [0.2, 0.25) is 0 Å². The molecule has 0 bridgehead atoms. The van der Waals surface area contributed by atoms with E-state index in [0.29, 0.717) is 0 Å². The van der Waals surface area contributed by atoms with Crippen molar-refractivity contribution >= 4 is 5.91 Å². The number of alkyl halides is 3. The predicted octanol–water partition coefficient (Wildman–Crippen LogP) is 2.53. The van der Waals surface area contributed by atoms with Gasteiger partial charge in [0, 0.05) is 6.04 Å². The summed E-state index contributed by atoms with van der Waals surface area (Å²) in [5.74, 6) is -0.646. The van der Waals surface area contributed by atoms with Crippen molar-refractivity contribution in [3.63, 3.8) is 0 Å². The van der Waals surface area contributed by atoms with E-state index in [-0.39, 0.29) is 11.6 Å². The van der Waals surface area contributed by atoms with Crippen LogP contribution in [0.5, 0.6) is 0 Å². The third kappa shape index (κ3) is 3.50. The number of benzene rings is 1. The highest BCUT2D eigenvalue weighted by Crippen LogP contribution is 2.31.